The number of rotatable bonds is 1. The van der Waals surface area contributed by atoms with Crippen molar-refractivity contribution in [2.75, 3.05) is 4.90 Å². The quantitative estimate of drug-likeness (QED) is 0.228. The van der Waals surface area contributed by atoms with E-state index in [9.17, 15) is 0 Å². The first kappa shape index (κ1) is 24.1. The minimum Gasteiger partial charge on any atom is -0.311 e. The summed E-state index contributed by atoms with van der Waals surface area (Å²) >= 11 is 0. The Morgan fingerprint density at radius 3 is 1.97 bits per heavy atom. The summed E-state index contributed by atoms with van der Waals surface area (Å²) in [6.45, 7) is 19.1. The van der Waals surface area contributed by atoms with Crippen molar-refractivity contribution in [2.24, 2.45) is 0 Å². The number of hydrogen-bond donors (Lipinski definition) is 0. The molecule has 0 radical (unpaired) electrons. The van der Waals surface area contributed by atoms with Gasteiger partial charge in [-0.15, -0.1) is 0 Å². The van der Waals surface area contributed by atoms with Gasteiger partial charge in [-0.3, -0.25) is 0 Å². The highest BCUT2D eigenvalue weighted by atomic mass is 15.2. The Kier molecular flexibility index (Phi) is 5.13. The van der Waals surface area contributed by atoms with E-state index in [-0.39, 0.29) is 23.0 Å². The summed E-state index contributed by atoms with van der Waals surface area (Å²) < 4.78 is 0. The lowest BCUT2D eigenvalue weighted by atomic mass is 9.34. The Balaban J connectivity index is 1.79. The maximum absolute atomic E-state index is 2.60. The molecule has 2 aliphatic heterocycles. The minimum absolute atomic E-state index is 0.0371. The first-order valence-corrected chi connectivity index (χ1v) is 13.7. The third-order valence-electron chi connectivity index (χ3n) is 8.58. The summed E-state index contributed by atoms with van der Waals surface area (Å²) in [5.41, 5.74) is 13.9. The molecular weight excluding hydrogens is 445 g/mol. The number of anilines is 3. The molecule has 0 amide bonds. The fourth-order valence-corrected chi connectivity index (χ4v) is 6.66. The highest BCUT2D eigenvalue weighted by molar-refractivity contribution is 6.98. The lowest BCUT2D eigenvalue weighted by Crippen LogP contribution is -2.59. The standard InChI is InChI=1S/C35H38BN/c1-33(2,3)23-18-20-27-30(22-23)37-29-17-13-12-16-25(29)35(7,8)31-26(34(4,5)6)19-21-28(32(31)37)36(27)24-14-10-9-11-15-24/h9-22H,1-8H3. The van der Waals surface area contributed by atoms with Gasteiger partial charge in [-0.1, -0.05) is 134 Å². The summed E-state index contributed by atoms with van der Waals surface area (Å²) in [4.78, 5) is 2.60. The molecule has 0 atom stereocenters. The van der Waals surface area contributed by atoms with Gasteiger partial charge >= 0.3 is 0 Å². The Labute approximate surface area is 223 Å². The highest BCUT2D eigenvalue weighted by Gasteiger charge is 2.46. The molecule has 0 fully saturated rings. The number of benzene rings is 4. The predicted octanol–water partition coefficient (Wildman–Crippen LogP) is 7.22. The smallest absolute Gasteiger partial charge is 0.246 e. The fourth-order valence-electron chi connectivity index (χ4n) is 6.66. The summed E-state index contributed by atoms with van der Waals surface area (Å²) in [5.74, 6) is 0. The zero-order valence-corrected chi connectivity index (χ0v) is 23.6. The van der Waals surface area contributed by atoms with Crippen LogP contribution < -0.4 is 21.3 Å². The maximum atomic E-state index is 2.60. The van der Waals surface area contributed by atoms with Gasteiger partial charge in [0.25, 0.3) is 0 Å². The van der Waals surface area contributed by atoms with Crippen LogP contribution in [0.15, 0.2) is 84.9 Å². The topological polar surface area (TPSA) is 3.24 Å². The van der Waals surface area contributed by atoms with Crippen molar-refractivity contribution in [3.05, 3.63) is 107 Å². The van der Waals surface area contributed by atoms with Crippen LogP contribution in [0, 0.1) is 0 Å². The first-order valence-electron chi connectivity index (χ1n) is 13.7. The molecule has 0 unspecified atom stereocenters. The van der Waals surface area contributed by atoms with Crippen LogP contribution in [-0.4, -0.2) is 6.71 Å². The molecule has 2 heteroatoms. The second-order valence-corrected chi connectivity index (χ2v) is 13.5. The Hall–Kier alpha value is -3.26. The summed E-state index contributed by atoms with van der Waals surface area (Å²) in [7, 11) is 0. The molecule has 0 bridgehead atoms. The number of nitrogens with zero attached hydrogens (tertiary/aromatic N) is 1. The first-order chi connectivity index (χ1) is 17.4. The average molecular weight is 484 g/mol. The van der Waals surface area contributed by atoms with E-state index in [1.807, 2.05) is 0 Å². The molecule has 1 nitrogen and oxygen atoms in total. The van der Waals surface area contributed by atoms with E-state index in [1.54, 1.807) is 0 Å². The van der Waals surface area contributed by atoms with Crippen molar-refractivity contribution < 1.29 is 0 Å². The van der Waals surface area contributed by atoms with Crippen molar-refractivity contribution in [3.63, 3.8) is 0 Å². The van der Waals surface area contributed by atoms with Gasteiger partial charge in [0.15, 0.2) is 0 Å². The molecule has 6 rings (SSSR count). The molecule has 0 aromatic heterocycles. The SMILES string of the molecule is CC(C)(C)c1ccc2c(c1)N1c3ccccc3C(C)(C)c3c(C(C)(C)C)ccc(c31)B2c1ccccc1. The van der Waals surface area contributed by atoms with E-state index in [1.165, 1.54) is 55.7 Å². The van der Waals surface area contributed by atoms with Gasteiger partial charge < -0.3 is 4.90 Å². The van der Waals surface area contributed by atoms with Crippen LogP contribution in [0.5, 0.6) is 0 Å². The molecule has 0 spiro atoms. The van der Waals surface area contributed by atoms with Crippen LogP contribution >= 0.6 is 0 Å². The maximum Gasteiger partial charge on any atom is 0.246 e. The molecule has 37 heavy (non-hydrogen) atoms. The molecule has 2 aliphatic rings. The Morgan fingerprint density at radius 1 is 0.649 bits per heavy atom. The van der Waals surface area contributed by atoms with Gasteiger partial charge in [-0.25, -0.2) is 0 Å². The van der Waals surface area contributed by atoms with Gasteiger partial charge in [0, 0.05) is 16.8 Å². The lowest BCUT2D eigenvalue weighted by molar-refractivity contribution is 0.547. The number of fused-ring (bicyclic) bond motifs is 4. The third kappa shape index (κ3) is 3.52. The molecule has 186 valence electrons. The third-order valence-corrected chi connectivity index (χ3v) is 8.58. The van der Waals surface area contributed by atoms with E-state index in [0.29, 0.717) is 0 Å². The number of hydrogen-bond acceptors (Lipinski definition) is 1. The average Bonchev–Trinajstić information content (AvgIpc) is 2.85. The summed E-state index contributed by atoms with van der Waals surface area (Å²) in [5, 5.41) is 0. The number of para-hydroxylation sites is 1. The fraction of sp³-hybridized carbons (Fsp3) is 0.314. The summed E-state index contributed by atoms with van der Waals surface area (Å²) in [6.07, 6.45) is 0. The van der Waals surface area contributed by atoms with E-state index in [2.05, 4.69) is 145 Å². The van der Waals surface area contributed by atoms with Crippen LogP contribution in [0.1, 0.15) is 77.6 Å². The van der Waals surface area contributed by atoms with Crippen LogP contribution in [0.25, 0.3) is 0 Å². The van der Waals surface area contributed by atoms with Gasteiger partial charge in [-0.2, -0.15) is 0 Å². The molecule has 4 aromatic carbocycles. The molecule has 2 heterocycles. The van der Waals surface area contributed by atoms with E-state index < -0.39 is 0 Å². The van der Waals surface area contributed by atoms with Gasteiger partial charge in [0.05, 0.1) is 5.69 Å². The molecule has 0 N–H and O–H groups in total. The molecule has 0 saturated heterocycles. The van der Waals surface area contributed by atoms with E-state index >= 15 is 0 Å². The molecule has 4 aromatic rings. The van der Waals surface area contributed by atoms with Crippen LogP contribution in [0.4, 0.5) is 17.1 Å². The Morgan fingerprint density at radius 2 is 1.30 bits per heavy atom. The van der Waals surface area contributed by atoms with Gasteiger partial charge in [-0.05, 0) is 56.1 Å². The van der Waals surface area contributed by atoms with Crippen LogP contribution in [0.2, 0.25) is 0 Å². The zero-order chi connectivity index (χ0) is 26.3. The second kappa shape index (κ2) is 7.87. The van der Waals surface area contributed by atoms with Crippen LogP contribution in [0.3, 0.4) is 0 Å². The lowest BCUT2D eigenvalue weighted by Gasteiger charge is -2.49. The molecule has 0 aliphatic carbocycles. The summed E-state index contributed by atoms with van der Waals surface area (Å²) in [6, 6.07) is 32.2. The van der Waals surface area contributed by atoms with Gasteiger partial charge in [0.1, 0.15) is 0 Å². The molecular formula is C35H38BN. The molecule has 0 saturated carbocycles. The zero-order valence-electron chi connectivity index (χ0n) is 23.6. The van der Waals surface area contributed by atoms with Crippen molar-refractivity contribution in [2.45, 2.75) is 71.6 Å². The second-order valence-electron chi connectivity index (χ2n) is 13.5. The van der Waals surface area contributed by atoms with Crippen molar-refractivity contribution in [1.29, 1.82) is 0 Å². The van der Waals surface area contributed by atoms with Crippen molar-refractivity contribution in [1.82, 2.24) is 0 Å². The van der Waals surface area contributed by atoms with Crippen LogP contribution in [-0.2, 0) is 16.2 Å². The normalized spacial score (nSPS) is 15.7. The van der Waals surface area contributed by atoms with E-state index in [4.69, 9.17) is 0 Å². The monoisotopic (exact) mass is 483 g/mol. The highest BCUT2D eigenvalue weighted by Crippen LogP contribution is 2.54. The Bertz CT molecular complexity index is 1520. The van der Waals surface area contributed by atoms with Gasteiger partial charge in [0.2, 0.25) is 6.71 Å². The van der Waals surface area contributed by atoms with Crippen molar-refractivity contribution >= 4 is 40.2 Å². The van der Waals surface area contributed by atoms with Crippen molar-refractivity contribution in [3.8, 4) is 0 Å². The minimum atomic E-state index is -0.110. The van der Waals surface area contributed by atoms with E-state index in [0.717, 1.165) is 0 Å². The largest absolute Gasteiger partial charge is 0.311 e. The predicted molar refractivity (Wildman–Crippen MR) is 162 cm³/mol.